The van der Waals surface area contributed by atoms with Crippen molar-refractivity contribution in [1.82, 2.24) is 0 Å². The van der Waals surface area contributed by atoms with Gasteiger partial charge in [-0.3, -0.25) is 0 Å². The molecule has 0 aromatic rings. The number of hydrogen-bond acceptors (Lipinski definition) is 2. The third kappa shape index (κ3) is 5.34. The van der Waals surface area contributed by atoms with Gasteiger partial charge in [-0.1, -0.05) is 0 Å². The number of aliphatic imine (C=N–C) groups is 2. The van der Waals surface area contributed by atoms with E-state index in [0.29, 0.717) is 0 Å². The molecule has 0 spiro atoms. The van der Waals surface area contributed by atoms with Gasteiger partial charge in [0.2, 0.25) is 0 Å². The van der Waals surface area contributed by atoms with Gasteiger partial charge in [-0.2, -0.15) is 0 Å². The smallest absolute Gasteiger partial charge is 0.0431 e. The van der Waals surface area contributed by atoms with Crippen LogP contribution >= 0.6 is 0 Å². The number of hydrogen-bond donors (Lipinski definition) is 0. The molecule has 0 aromatic heterocycles. The Morgan fingerprint density at radius 1 is 1.71 bits per heavy atom. The van der Waals surface area contributed by atoms with Gasteiger partial charge in [-0.25, -0.2) is 0 Å². The summed E-state index contributed by atoms with van der Waals surface area (Å²) in [4.78, 5) is 7.39. The van der Waals surface area contributed by atoms with E-state index in [9.17, 15) is 0 Å². The molecule has 0 saturated heterocycles. The summed E-state index contributed by atoms with van der Waals surface area (Å²) in [5.41, 5.74) is 0. The normalized spacial score (nSPS) is 9.86. The molecule has 7 heavy (non-hydrogen) atoms. The van der Waals surface area contributed by atoms with Crippen molar-refractivity contribution >= 4 is 12.9 Å². The molecule has 0 bridgehead atoms. The minimum Gasteiger partial charge on any atom is -0.301 e. The van der Waals surface area contributed by atoms with E-state index in [1.807, 2.05) is 6.21 Å². The van der Waals surface area contributed by atoms with E-state index in [1.54, 1.807) is 7.05 Å². The van der Waals surface area contributed by atoms with Crippen LogP contribution < -0.4 is 0 Å². The van der Waals surface area contributed by atoms with Crippen LogP contribution in [-0.2, 0) is 0 Å². The predicted octanol–water partition coefficient (Wildman–Crippen LogP) is 0.778. The SMILES string of the molecule is C=NCC/C=N\C. The molecular formula is C5H10N2. The van der Waals surface area contributed by atoms with Crippen molar-refractivity contribution in [1.29, 1.82) is 0 Å². The predicted molar refractivity (Wildman–Crippen MR) is 33.4 cm³/mol. The highest BCUT2D eigenvalue weighted by atomic mass is 14.7. The molecule has 0 aliphatic carbocycles. The minimum absolute atomic E-state index is 0.789. The second-order valence-corrected chi connectivity index (χ2v) is 1.18. The van der Waals surface area contributed by atoms with Gasteiger partial charge in [-0.15, -0.1) is 0 Å². The average molecular weight is 98.1 g/mol. The van der Waals surface area contributed by atoms with Crippen LogP contribution in [0, 0.1) is 0 Å². The topological polar surface area (TPSA) is 24.7 Å². The van der Waals surface area contributed by atoms with Crippen LogP contribution in [0.25, 0.3) is 0 Å². The fourth-order valence-electron chi connectivity index (χ4n) is 0.278. The maximum Gasteiger partial charge on any atom is 0.0431 e. The molecule has 0 saturated carbocycles. The molecule has 0 aliphatic rings. The summed E-state index contributed by atoms with van der Waals surface area (Å²) < 4.78 is 0. The van der Waals surface area contributed by atoms with Crippen molar-refractivity contribution in [3.8, 4) is 0 Å². The maximum absolute atomic E-state index is 3.76. The first-order valence-electron chi connectivity index (χ1n) is 2.25. The van der Waals surface area contributed by atoms with Crippen molar-refractivity contribution in [2.45, 2.75) is 6.42 Å². The highest BCUT2D eigenvalue weighted by molar-refractivity contribution is 5.57. The van der Waals surface area contributed by atoms with E-state index in [0.717, 1.165) is 13.0 Å². The molecule has 0 unspecified atom stereocenters. The summed E-state index contributed by atoms with van der Waals surface area (Å²) in [6.07, 6.45) is 2.74. The van der Waals surface area contributed by atoms with Gasteiger partial charge in [0.05, 0.1) is 0 Å². The van der Waals surface area contributed by atoms with E-state index >= 15 is 0 Å². The molecule has 0 aromatic carbocycles. The summed E-state index contributed by atoms with van der Waals surface area (Å²) in [5.74, 6) is 0. The molecule has 0 atom stereocenters. The lowest BCUT2D eigenvalue weighted by Gasteiger charge is -1.79. The van der Waals surface area contributed by atoms with Gasteiger partial charge in [0, 0.05) is 26.2 Å². The third-order valence-electron chi connectivity index (χ3n) is 0.599. The highest BCUT2D eigenvalue weighted by Crippen LogP contribution is 1.71. The second-order valence-electron chi connectivity index (χ2n) is 1.18. The Bertz CT molecular complexity index is 66.5. The lowest BCUT2D eigenvalue weighted by atomic mass is 10.5. The molecule has 2 nitrogen and oxygen atoms in total. The largest absolute Gasteiger partial charge is 0.301 e. The fourth-order valence-corrected chi connectivity index (χ4v) is 0.278. The molecular weight excluding hydrogens is 88.1 g/mol. The standard InChI is InChI=1S/C5H10N2/c1-6-4-3-5-7-2/h5H,1,3-4H2,2H3/b7-5-. The Morgan fingerprint density at radius 2 is 2.43 bits per heavy atom. The molecule has 0 fully saturated rings. The Labute approximate surface area is 44.0 Å². The van der Waals surface area contributed by atoms with Gasteiger partial charge in [-0.05, 0) is 6.72 Å². The highest BCUT2D eigenvalue weighted by Gasteiger charge is 1.70. The van der Waals surface area contributed by atoms with E-state index in [4.69, 9.17) is 0 Å². The van der Waals surface area contributed by atoms with Crippen LogP contribution in [0.5, 0.6) is 0 Å². The molecule has 0 heterocycles. The quantitative estimate of drug-likeness (QED) is 0.368. The van der Waals surface area contributed by atoms with Crippen molar-refractivity contribution in [2.75, 3.05) is 13.6 Å². The zero-order valence-corrected chi connectivity index (χ0v) is 4.59. The van der Waals surface area contributed by atoms with Gasteiger partial charge in [0.25, 0.3) is 0 Å². The third-order valence-corrected chi connectivity index (χ3v) is 0.599. The summed E-state index contributed by atoms with van der Waals surface area (Å²) in [5, 5.41) is 0. The van der Waals surface area contributed by atoms with Gasteiger partial charge in [0.1, 0.15) is 0 Å². The minimum atomic E-state index is 0.789. The summed E-state index contributed by atoms with van der Waals surface area (Å²) in [6, 6.07) is 0. The lowest BCUT2D eigenvalue weighted by molar-refractivity contribution is 1.06. The zero-order valence-electron chi connectivity index (χ0n) is 4.59. The Kier molecular flexibility index (Phi) is 4.84. The Balaban J connectivity index is 2.82. The maximum atomic E-state index is 3.76. The first-order chi connectivity index (χ1) is 3.41. The Hall–Kier alpha value is -0.660. The van der Waals surface area contributed by atoms with Crippen LogP contribution in [0.3, 0.4) is 0 Å². The van der Waals surface area contributed by atoms with Crippen molar-refractivity contribution in [3.63, 3.8) is 0 Å². The molecule has 2 heteroatoms. The van der Waals surface area contributed by atoms with Crippen LogP contribution in [-0.4, -0.2) is 26.5 Å². The summed E-state index contributed by atoms with van der Waals surface area (Å²) >= 11 is 0. The van der Waals surface area contributed by atoms with Crippen LogP contribution in [0.4, 0.5) is 0 Å². The van der Waals surface area contributed by atoms with Crippen molar-refractivity contribution in [2.24, 2.45) is 9.98 Å². The Morgan fingerprint density at radius 3 is 2.86 bits per heavy atom. The van der Waals surface area contributed by atoms with E-state index < -0.39 is 0 Å². The molecule has 0 radical (unpaired) electrons. The summed E-state index contributed by atoms with van der Waals surface area (Å²) in [6.45, 7) is 4.11. The fraction of sp³-hybridized carbons (Fsp3) is 0.600. The van der Waals surface area contributed by atoms with E-state index in [1.165, 1.54) is 0 Å². The molecule has 0 rings (SSSR count). The van der Waals surface area contributed by atoms with Gasteiger partial charge < -0.3 is 9.98 Å². The number of nitrogens with zero attached hydrogens (tertiary/aromatic N) is 2. The average Bonchev–Trinajstić information content (AvgIpc) is 1.69. The molecule has 0 N–H and O–H groups in total. The number of rotatable bonds is 3. The zero-order chi connectivity index (χ0) is 5.54. The van der Waals surface area contributed by atoms with Gasteiger partial charge >= 0.3 is 0 Å². The van der Waals surface area contributed by atoms with E-state index in [-0.39, 0.29) is 0 Å². The van der Waals surface area contributed by atoms with Gasteiger partial charge in [0.15, 0.2) is 0 Å². The van der Waals surface area contributed by atoms with Crippen LogP contribution in [0.15, 0.2) is 9.98 Å². The molecule has 40 valence electrons. The van der Waals surface area contributed by atoms with Crippen LogP contribution in [0.1, 0.15) is 6.42 Å². The first kappa shape index (κ1) is 6.34. The first-order valence-corrected chi connectivity index (χ1v) is 2.25. The van der Waals surface area contributed by atoms with Crippen LogP contribution in [0.2, 0.25) is 0 Å². The second kappa shape index (κ2) is 5.34. The van der Waals surface area contributed by atoms with Crippen molar-refractivity contribution in [3.05, 3.63) is 0 Å². The van der Waals surface area contributed by atoms with Crippen molar-refractivity contribution < 1.29 is 0 Å². The molecule has 0 aliphatic heterocycles. The van der Waals surface area contributed by atoms with E-state index in [2.05, 4.69) is 16.7 Å². The lowest BCUT2D eigenvalue weighted by Crippen LogP contribution is -1.78. The monoisotopic (exact) mass is 98.1 g/mol. The molecule has 0 amide bonds. The summed E-state index contributed by atoms with van der Waals surface area (Å²) in [7, 11) is 1.75.